The van der Waals surface area contributed by atoms with Gasteiger partial charge in [0.2, 0.25) is 5.91 Å². The minimum atomic E-state index is -1.71. The molecule has 0 spiro atoms. The smallest absolute Gasteiger partial charge is 0.224 e. The summed E-state index contributed by atoms with van der Waals surface area (Å²) in [5, 5.41) is 0. The Hall–Kier alpha value is -1.57. The highest BCUT2D eigenvalue weighted by atomic mass is 16.1. The maximum absolute atomic E-state index is 11.8. The predicted molar refractivity (Wildman–Crippen MR) is 68.3 cm³/mol. The highest BCUT2D eigenvalue weighted by Gasteiger charge is 2.32. The zero-order valence-electron chi connectivity index (χ0n) is 13.8. The van der Waals surface area contributed by atoms with Gasteiger partial charge in [-0.1, -0.05) is 23.7 Å². The van der Waals surface area contributed by atoms with Crippen molar-refractivity contribution in [3.8, 4) is 0 Å². The molecule has 2 nitrogen and oxygen atoms in total. The molecule has 2 N–H and O–H groups in total. The van der Waals surface area contributed by atoms with Gasteiger partial charge in [0.25, 0.3) is 0 Å². The van der Waals surface area contributed by atoms with Gasteiger partial charge in [0, 0.05) is 4.11 Å². The van der Waals surface area contributed by atoms with Crippen molar-refractivity contribution in [3.63, 3.8) is 0 Å². The molecule has 2 aliphatic carbocycles. The van der Waals surface area contributed by atoms with Crippen LogP contribution in [0.4, 0.5) is 0 Å². The van der Waals surface area contributed by atoms with Crippen molar-refractivity contribution >= 4 is 11.5 Å². The standard InChI is InChI=1S/C15H17NO/c1-9-5-6-10-8-14-11(13(10)7-9)3-2-4-12(14)15(16)17/h5-7,12H,2-4,8H2,1H3,(H2,16,17)/i2D2,7D,12D. The molecule has 0 aliphatic heterocycles. The van der Waals surface area contributed by atoms with E-state index in [1.54, 1.807) is 0 Å². The number of amides is 1. The third-order valence-corrected chi connectivity index (χ3v) is 3.48. The molecule has 1 aromatic rings. The molecule has 0 heterocycles. The van der Waals surface area contributed by atoms with E-state index in [0.717, 1.165) is 11.1 Å². The lowest BCUT2D eigenvalue weighted by molar-refractivity contribution is -0.121. The summed E-state index contributed by atoms with van der Waals surface area (Å²) in [5.41, 5.74) is 9.04. The van der Waals surface area contributed by atoms with Crippen molar-refractivity contribution in [2.45, 2.75) is 32.6 Å². The average molecular weight is 231 g/mol. The number of carbonyl (C=O) groups is 1. The van der Waals surface area contributed by atoms with Crippen LogP contribution in [0.5, 0.6) is 0 Å². The van der Waals surface area contributed by atoms with Gasteiger partial charge in [-0.3, -0.25) is 4.79 Å². The molecule has 1 aromatic carbocycles. The topological polar surface area (TPSA) is 43.1 Å². The zero-order chi connectivity index (χ0) is 15.6. The summed E-state index contributed by atoms with van der Waals surface area (Å²) in [4.78, 5) is 11.8. The van der Waals surface area contributed by atoms with Crippen molar-refractivity contribution in [3.05, 3.63) is 40.4 Å². The zero-order valence-corrected chi connectivity index (χ0v) is 9.76. The summed E-state index contributed by atoms with van der Waals surface area (Å²) in [6.45, 7) is 1.83. The summed E-state index contributed by atoms with van der Waals surface area (Å²) in [6.07, 6.45) is -1.32. The van der Waals surface area contributed by atoms with Crippen LogP contribution in [0.15, 0.2) is 23.7 Å². The van der Waals surface area contributed by atoms with Crippen LogP contribution in [0.3, 0.4) is 0 Å². The molecule has 3 rings (SSSR count). The Bertz CT molecular complexity index is 695. The van der Waals surface area contributed by atoms with Crippen LogP contribution in [0.2, 0.25) is 0 Å². The molecular weight excluding hydrogens is 210 g/mol. The minimum absolute atomic E-state index is 0.137. The van der Waals surface area contributed by atoms with E-state index >= 15 is 0 Å². The monoisotopic (exact) mass is 231 g/mol. The van der Waals surface area contributed by atoms with Crippen molar-refractivity contribution in [1.29, 1.82) is 0 Å². The normalized spacial score (nSPS) is 33.0. The lowest BCUT2D eigenvalue weighted by Gasteiger charge is -2.22. The second-order valence-corrected chi connectivity index (χ2v) is 4.62. The first kappa shape index (κ1) is 7.00. The molecule has 17 heavy (non-hydrogen) atoms. The van der Waals surface area contributed by atoms with E-state index in [2.05, 4.69) is 0 Å². The number of aryl methyl sites for hydroxylation is 1. The van der Waals surface area contributed by atoms with Crippen LogP contribution in [0, 0.1) is 12.8 Å². The molecule has 2 heteroatoms. The fourth-order valence-electron chi connectivity index (χ4n) is 2.63. The molecule has 0 radical (unpaired) electrons. The Kier molecular flexibility index (Phi) is 1.53. The number of primary amides is 1. The largest absolute Gasteiger partial charge is 0.369 e. The number of hydrogen-bond acceptors (Lipinski definition) is 1. The average Bonchev–Trinajstić information content (AvgIpc) is 2.72. The van der Waals surface area contributed by atoms with Crippen LogP contribution in [-0.4, -0.2) is 5.91 Å². The third kappa shape index (κ3) is 1.59. The molecule has 2 aliphatic rings. The number of nitrogens with two attached hydrogens (primary N) is 1. The number of carbonyl (C=O) groups excluding carboxylic acids is 1. The predicted octanol–water partition coefficient (Wildman–Crippen LogP) is 2.59. The first-order chi connectivity index (χ1) is 9.66. The number of fused-ring (bicyclic) bond motifs is 2. The molecule has 0 saturated heterocycles. The Balaban J connectivity index is 2.26. The molecule has 0 bridgehead atoms. The van der Waals surface area contributed by atoms with Gasteiger partial charge in [-0.15, -0.1) is 0 Å². The Morgan fingerprint density at radius 3 is 3.24 bits per heavy atom. The molecule has 0 saturated carbocycles. The van der Waals surface area contributed by atoms with E-state index in [9.17, 15) is 4.79 Å². The molecule has 0 aromatic heterocycles. The van der Waals surface area contributed by atoms with E-state index < -0.39 is 18.2 Å². The summed E-state index contributed by atoms with van der Waals surface area (Å²) < 4.78 is 32.7. The fraction of sp³-hybridized carbons (Fsp3) is 0.400. The molecule has 0 fully saturated rings. The highest BCUT2D eigenvalue weighted by Crippen LogP contribution is 2.44. The lowest BCUT2D eigenvalue weighted by Crippen LogP contribution is -2.27. The van der Waals surface area contributed by atoms with E-state index in [4.69, 9.17) is 11.2 Å². The fourth-order valence-corrected chi connectivity index (χ4v) is 2.63. The maximum atomic E-state index is 11.8. The Labute approximate surface area is 107 Å². The van der Waals surface area contributed by atoms with Crippen molar-refractivity contribution in [2.75, 3.05) is 0 Å². The van der Waals surface area contributed by atoms with E-state index in [1.165, 1.54) is 0 Å². The first-order valence-electron chi connectivity index (χ1n) is 7.77. The molecular formula is C15H17NO. The molecule has 1 amide bonds. The van der Waals surface area contributed by atoms with Crippen LogP contribution in [-0.2, 0) is 11.2 Å². The number of rotatable bonds is 1. The van der Waals surface area contributed by atoms with Crippen molar-refractivity contribution in [1.82, 2.24) is 0 Å². The van der Waals surface area contributed by atoms with Crippen molar-refractivity contribution < 1.29 is 10.3 Å². The third-order valence-electron chi connectivity index (χ3n) is 3.48. The first-order valence-corrected chi connectivity index (χ1v) is 5.77. The molecule has 1 unspecified atom stereocenters. The van der Waals surface area contributed by atoms with Crippen LogP contribution in [0.25, 0.3) is 5.57 Å². The summed E-state index contributed by atoms with van der Waals surface area (Å²) in [5.74, 6) is -2.52. The van der Waals surface area contributed by atoms with Gasteiger partial charge in [-0.2, -0.15) is 0 Å². The number of allylic oxidation sites excluding steroid dienone is 1. The molecule has 1 atom stereocenters. The van der Waals surface area contributed by atoms with Gasteiger partial charge in [-0.25, -0.2) is 0 Å². The summed E-state index contributed by atoms with van der Waals surface area (Å²) >= 11 is 0. The van der Waals surface area contributed by atoms with E-state index in [0.29, 0.717) is 29.2 Å². The maximum Gasteiger partial charge on any atom is 0.224 e. The van der Waals surface area contributed by atoms with Gasteiger partial charge >= 0.3 is 0 Å². The van der Waals surface area contributed by atoms with Gasteiger partial charge in [0.05, 0.1) is 7.26 Å². The van der Waals surface area contributed by atoms with Gasteiger partial charge in [0.1, 0.15) is 0 Å². The van der Waals surface area contributed by atoms with E-state index in [1.807, 2.05) is 19.1 Å². The summed E-state index contributed by atoms with van der Waals surface area (Å²) in [6, 6.07) is 4.12. The second-order valence-electron chi connectivity index (χ2n) is 4.62. The summed E-state index contributed by atoms with van der Waals surface area (Å²) in [7, 11) is 0. The van der Waals surface area contributed by atoms with Crippen molar-refractivity contribution in [2.24, 2.45) is 11.6 Å². The minimum Gasteiger partial charge on any atom is -0.369 e. The van der Waals surface area contributed by atoms with Crippen LogP contribution in [0.1, 0.15) is 41.4 Å². The van der Waals surface area contributed by atoms with Crippen LogP contribution < -0.4 is 5.73 Å². The number of hydrogen-bond donors (Lipinski definition) is 1. The highest BCUT2D eigenvalue weighted by molar-refractivity contribution is 5.87. The Morgan fingerprint density at radius 1 is 1.65 bits per heavy atom. The lowest BCUT2D eigenvalue weighted by atomic mass is 9.82. The van der Waals surface area contributed by atoms with Gasteiger partial charge < -0.3 is 5.73 Å². The van der Waals surface area contributed by atoms with Gasteiger partial charge in [-0.05, 0) is 54.8 Å². The SMILES string of the molecule is [2H]c1c(C)ccc2c1C1=C(C2)C([2H])(C(N)=O)CC([2H])([2H])C1. The van der Waals surface area contributed by atoms with Gasteiger partial charge in [0.15, 0.2) is 0 Å². The second kappa shape index (κ2) is 3.73. The quantitative estimate of drug-likeness (QED) is 0.793. The number of benzene rings is 1. The molecule has 88 valence electrons. The van der Waals surface area contributed by atoms with Crippen LogP contribution >= 0.6 is 0 Å². The Morgan fingerprint density at radius 2 is 2.47 bits per heavy atom. The van der Waals surface area contributed by atoms with E-state index in [-0.39, 0.29) is 12.8 Å².